The first-order valence-electron chi connectivity index (χ1n) is 18.6. The predicted octanol–water partition coefficient (Wildman–Crippen LogP) is -1.08. The molecule has 0 saturated carbocycles. The van der Waals surface area contributed by atoms with Crippen LogP contribution in [0.1, 0.15) is 96.4 Å². The van der Waals surface area contributed by atoms with Gasteiger partial charge in [-0.2, -0.15) is 0 Å². The lowest BCUT2D eigenvalue weighted by Crippen LogP contribution is -2.42. The number of aliphatic hydroxyl groups excluding tert-OH is 1. The summed E-state index contributed by atoms with van der Waals surface area (Å²) in [5.74, 6) is -1.24. The summed E-state index contributed by atoms with van der Waals surface area (Å²) in [6.07, 6.45) is 0.401. The van der Waals surface area contributed by atoms with Gasteiger partial charge in [0.05, 0.1) is 33.0 Å². The van der Waals surface area contributed by atoms with Gasteiger partial charge in [-0.15, -0.1) is 0 Å². The van der Waals surface area contributed by atoms with Crippen LogP contribution in [0.5, 0.6) is 0 Å². The van der Waals surface area contributed by atoms with Crippen molar-refractivity contribution in [2.75, 3.05) is 52.1 Å². The van der Waals surface area contributed by atoms with Crippen molar-refractivity contribution in [3.05, 3.63) is 0 Å². The molecule has 0 rings (SSSR count). The van der Waals surface area contributed by atoms with Gasteiger partial charge in [-0.25, -0.2) is 0 Å². The quantitative estimate of drug-likeness (QED) is 0.0267. The molecule has 0 aliphatic rings. The van der Waals surface area contributed by atoms with Crippen molar-refractivity contribution >= 4 is 33.2 Å². The van der Waals surface area contributed by atoms with Gasteiger partial charge in [0.25, 0.3) is 0 Å². The Bertz CT molecular complexity index is 1030. The number of phosphoric acid groups is 1. The molecule has 0 amide bonds. The molecule has 0 radical (unpaired) electrons. The Labute approximate surface area is 336 Å². The second-order valence-electron chi connectivity index (χ2n) is 13.9. The van der Waals surface area contributed by atoms with Crippen LogP contribution in [0.25, 0.3) is 0 Å². The third kappa shape index (κ3) is 84.8. The molecule has 342 valence electrons. The molecular weight excluding hydrogens is 776 g/mol. The van der Waals surface area contributed by atoms with Crippen LogP contribution in [0.2, 0.25) is 0 Å². The van der Waals surface area contributed by atoms with Gasteiger partial charge in [-0.1, -0.05) is 69.2 Å². The molecule has 16 N–H and O–H groups in total. The van der Waals surface area contributed by atoms with Crippen LogP contribution in [0.15, 0.2) is 4.99 Å². The summed E-state index contributed by atoms with van der Waals surface area (Å²) in [5.41, 5.74) is 15.7. The van der Waals surface area contributed by atoms with Gasteiger partial charge >= 0.3 is 19.5 Å². The first-order chi connectivity index (χ1) is 25.3. The Morgan fingerprint density at radius 2 is 1.05 bits per heavy atom. The van der Waals surface area contributed by atoms with E-state index in [-0.39, 0.29) is 37.5 Å². The number of hydrogen-bond donors (Lipinski definition) is 13. The first-order valence-corrected chi connectivity index (χ1v) is 21.8. The lowest BCUT2D eigenvalue weighted by Gasteiger charge is -2.28. The van der Waals surface area contributed by atoms with Crippen LogP contribution in [-0.4, -0.2) is 143 Å². The Balaban J connectivity index is -0.000000135. The molecule has 2 atom stereocenters. The molecule has 0 heterocycles. The number of rotatable bonds is 22. The number of aliphatic hydroxyl groups is 1. The van der Waals surface area contributed by atoms with E-state index in [1.807, 2.05) is 69.2 Å². The maximum atomic E-state index is 10.3. The Kier molecular flexibility index (Phi) is 49.0. The number of carbonyl (C=O) groups is 2. The molecule has 0 bridgehead atoms. The van der Waals surface area contributed by atoms with Crippen molar-refractivity contribution < 1.29 is 58.1 Å². The summed E-state index contributed by atoms with van der Waals surface area (Å²) in [4.78, 5) is 60.9. The maximum absolute atomic E-state index is 10.3. The summed E-state index contributed by atoms with van der Waals surface area (Å²) < 4.78 is 24.1. The third-order valence-electron chi connectivity index (χ3n) is 5.37. The summed E-state index contributed by atoms with van der Waals surface area (Å²) in [6.45, 7) is 28.0. The average Bonchev–Trinajstić information content (AvgIpc) is 3.00. The van der Waals surface area contributed by atoms with Gasteiger partial charge < -0.3 is 87.8 Å². The van der Waals surface area contributed by atoms with E-state index >= 15 is 0 Å². The average molecular weight is 858 g/mol. The molecule has 2 unspecified atom stereocenters. The van der Waals surface area contributed by atoms with Gasteiger partial charge in [-0.05, 0) is 33.7 Å². The highest BCUT2D eigenvalue weighted by Gasteiger charge is 2.12. The predicted molar refractivity (Wildman–Crippen MR) is 222 cm³/mol. The highest BCUT2D eigenvalue weighted by Crippen LogP contribution is 2.32. The van der Waals surface area contributed by atoms with Gasteiger partial charge in [0.1, 0.15) is 12.1 Å². The number of carboxylic acid groups (broad SMARTS) is 2. The molecule has 0 aliphatic heterocycles. The normalized spacial score (nSPS) is 12.6. The van der Waals surface area contributed by atoms with E-state index in [2.05, 4.69) is 49.9 Å². The van der Waals surface area contributed by atoms with E-state index in [0.717, 1.165) is 0 Å². The fourth-order valence-electron chi connectivity index (χ4n) is 2.87. The third-order valence-corrected chi connectivity index (χ3v) is 6.68. The number of carboxylic acids is 2. The van der Waals surface area contributed by atoms with Crippen molar-refractivity contribution in [2.24, 2.45) is 22.2 Å². The van der Waals surface area contributed by atoms with Crippen molar-refractivity contribution in [1.82, 2.24) is 26.6 Å². The molecule has 0 aromatic rings. The number of aliphatic carboxylic acids is 2. The lowest BCUT2D eigenvalue weighted by atomic mass is 10.2. The number of amidine groups is 1. The van der Waals surface area contributed by atoms with Crippen molar-refractivity contribution in [1.29, 1.82) is 0 Å². The molecule has 0 aromatic carbocycles. The largest absolute Gasteiger partial charge is 0.790 e. The molecule has 0 fully saturated rings. The van der Waals surface area contributed by atoms with E-state index in [1.54, 1.807) is 6.92 Å². The number of phosphoric ester groups is 1. The lowest BCUT2D eigenvalue weighted by molar-refractivity contribution is -0.341. The van der Waals surface area contributed by atoms with Crippen LogP contribution in [-0.2, 0) is 23.2 Å². The minimum atomic E-state index is -4.77. The monoisotopic (exact) mass is 858 g/mol. The number of nitrogens with one attached hydrogen (secondary N) is 5. The maximum Gasteiger partial charge on any atom is 0.326 e. The van der Waals surface area contributed by atoms with Gasteiger partial charge in [0.2, 0.25) is 0 Å². The van der Waals surface area contributed by atoms with E-state index in [0.29, 0.717) is 63.1 Å². The van der Waals surface area contributed by atoms with E-state index < -0.39 is 39.4 Å². The number of aliphatic imine (C=N–C) groups is 1. The Morgan fingerprint density at radius 1 is 0.679 bits per heavy atom. The zero-order valence-electron chi connectivity index (χ0n) is 36.2. The molecule has 21 nitrogen and oxygen atoms in total. The summed E-state index contributed by atoms with van der Waals surface area (Å²) >= 11 is 0. The van der Waals surface area contributed by atoms with E-state index in [1.165, 1.54) is 0 Å². The van der Waals surface area contributed by atoms with Gasteiger partial charge in [0.15, 0.2) is 0 Å². The Hall–Kier alpha value is -1.65. The molecule has 0 aliphatic carbocycles. The highest BCUT2D eigenvalue weighted by molar-refractivity contribution is 7.51. The van der Waals surface area contributed by atoms with E-state index in [9.17, 15) is 28.5 Å². The fraction of sp³-hybridized carbons (Fsp3) is 0.909. The standard InChI is InChI=1S/C7H16N2O2.C6H14N2O2.C5H12N2.C5H14NO4P.C5H14NO3P.C5H13NO/c1-5(2)9-4-3-6(8)7(10)11;1-4(2)8-3-5(7)6(9)10;1-4(2)7-5(3)6;1-5(2)6-3-4-10-11(7,8)9;1-5(2)6-3-4-10(7,8)9;1-5(2)6-3-4-7/h5-6,9H,3-4,8H2,1-2H3,(H,10,11);4-5,8H,3,7H2,1-2H3,(H,9,10);4H,1-3H3,(H2,6,7);5-6H,3-4H2,1-2H3,(H2,7,8,9);5-6H,3-4H2,1-2H3,(H2,7,8,9);5-7H,3-4H2,1-2H3/p-2. The topological polar surface area (TPSA) is 375 Å². The van der Waals surface area contributed by atoms with Crippen LogP contribution in [0.3, 0.4) is 0 Å². The van der Waals surface area contributed by atoms with Crippen LogP contribution in [0.4, 0.5) is 0 Å². The highest BCUT2D eigenvalue weighted by atomic mass is 31.2. The molecule has 23 heteroatoms. The summed E-state index contributed by atoms with van der Waals surface area (Å²) in [5, 5.41) is 39.8. The second-order valence-corrected chi connectivity index (χ2v) is 16.9. The number of hydrogen-bond acceptors (Lipinski definition) is 16. The first kappa shape index (κ1) is 66.2. The van der Waals surface area contributed by atoms with Crippen LogP contribution >= 0.6 is 15.4 Å². The van der Waals surface area contributed by atoms with Crippen LogP contribution < -0.4 is 53.6 Å². The molecule has 56 heavy (non-hydrogen) atoms. The minimum absolute atomic E-state index is 0.0782. The number of nitrogens with two attached hydrogens (primary N) is 3. The van der Waals surface area contributed by atoms with E-state index in [4.69, 9.17) is 42.3 Å². The molecule has 0 spiro atoms. The molecule has 0 saturated heterocycles. The zero-order chi connectivity index (χ0) is 45.7. The molecular formula is C33H81N9O12P2-2. The van der Waals surface area contributed by atoms with Crippen LogP contribution in [0, 0.1) is 0 Å². The zero-order valence-corrected chi connectivity index (χ0v) is 37.9. The fourth-order valence-corrected chi connectivity index (χ4v) is 3.60. The van der Waals surface area contributed by atoms with Gasteiger partial charge in [-0.3, -0.25) is 19.1 Å². The smallest absolute Gasteiger partial charge is 0.326 e. The Morgan fingerprint density at radius 3 is 1.32 bits per heavy atom. The van der Waals surface area contributed by atoms with Gasteiger partial charge in [0, 0.05) is 62.4 Å². The minimum Gasteiger partial charge on any atom is -0.790 e. The summed E-state index contributed by atoms with van der Waals surface area (Å²) in [6, 6.07) is 0.519. The van der Waals surface area contributed by atoms with Crippen molar-refractivity contribution in [3.8, 4) is 0 Å². The summed E-state index contributed by atoms with van der Waals surface area (Å²) in [7, 11) is -8.55. The SMILES string of the molecule is CC(C)NCC(N)C(=O)O.CC(C)NCCC(N)C(=O)O.CC(C)NCCO.CC(C)NCCOP(=O)([O-])[O-].CC(C)NCCP(=O)(O)O.CC(N)=NC(C)C. The van der Waals surface area contributed by atoms with Crippen molar-refractivity contribution in [2.45, 2.75) is 145 Å². The molecule has 0 aromatic heterocycles. The van der Waals surface area contributed by atoms with Crippen molar-refractivity contribution in [3.63, 3.8) is 0 Å². The second kappa shape index (κ2) is 41.5. The number of nitrogens with zero attached hydrogens (tertiary/aromatic N) is 1.